The summed E-state index contributed by atoms with van der Waals surface area (Å²) < 4.78 is 22.8. The number of rotatable bonds is 4. The third-order valence-electron chi connectivity index (χ3n) is 4.97. The second kappa shape index (κ2) is 7.05. The quantitative estimate of drug-likeness (QED) is 0.426. The summed E-state index contributed by atoms with van der Waals surface area (Å²) in [5.41, 5.74) is 4.63. The lowest BCUT2D eigenvalue weighted by Gasteiger charge is -2.13. The Hall–Kier alpha value is -2.68. The zero-order chi connectivity index (χ0) is 19.1. The molecule has 0 fully saturated rings. The first-order valence-electron chi connectivity index (χ1n) is 8.96. The fourth-order valence-electron chi connectivity index (χ4n) is 3.61. The van der Waals surface area contributed by atoms with Gasteiger partial charge in [-0.15, -0.1) is 0 Å². The van der Waals surface area contributed by atoms with E-state index in [0.29, 0.717) is 24.7 Å². The van der Waals surface area contributed by atoms with E-state index in [0.717, 1.165) is 38.1 Å². The Morgan fingerprint density at radius 3 is 2.86 bits per heavy atom. The van der Waals surface area contributed by atoms with Crippen LogP contribution in [0.1, 0.15) is 11.1 Å². The molecule has 0 aliphatic carbocycles. The minimum Gasteiger partial charge on any atom is -0.493 e. The van der Waals surface area contributed by atoms with E-state index >= 15 is 0 Å². The molecule has 0 saturated heterocycles. The molecule has 28 heavy (non-hydrogen) atoms. The summed E-state index contributed by atoms with van der Waals surface area (Å²) >= 11 is 2.23. The molecule has 140 valence electrons. The molecule has 5 nitrogen and oxygen atoms in total. The van der Waals surface area contributed by atoms with E-state index in [9.17, 15) is 4.39 Å². The molecular formula is C21H16FIN4O. The van der Waals surface area contributed by atoms with E-state index in [1.54, 1.807) is 12.4 Å². The Labute approximate surface area is 174 Å². The normalized spacial score (nSPS) is 12.8. The van der Waals surface area contributed by atoms with Gasteiger partial charge in [0.25, 0.3) is 0 Å². The second-order valence-electron chi connectivity index (χ2n) is 6.57. The molecule has 0 saturated carbocycles. The molecule has 0 atom stereocenters. The molecular weight excluding hydrogens is 470 g/mol. The van der Waals surface area contributed by atoms with Crippen LogP contribution < -0.4 is 10.1 Å². The first kappa shape index (κ1) is 17.4. The summed E-state index contributed by atoms with van der Waals surface area (Å²) in [5, 5.41) is 3.28. The van der Waals surface area contributed by atoms with Gasteiger partial charge in [0, 0.05) is 35.9 Å². The van der Waals surface area contributed by atoms with Crippen LogP contribution in [0.2, 0.25) is 0 Å². The number of hydrogen-bond acceptors (Lipinski definition) is 4. The van der Waals surface area contributed by atoms with E-state index in [1.165, 1.54) is 6.07 Å². The van der Waals surface area contributed by atoms with Crippen LogP contribution in [0, 0.1) is 9.52 Å². The summed E-state index contributed by atoms with van der Waals surface area (Å²) in [5.74, 6) is 1.17. The van der Waals surface area contributed by atoms with Gasteiger partial charge in [0.2, 0.25) is 5.95 Å². The monoisotopic (exact) mass is 486 g/mol. The predicted molar refractivity (Wildman–Crippen MR) is 114 cm³/mol. The number of nitrogens with zero attached hydrogens (tertiary/aromatic N) is 3. The van der Waals surface area contributed by atoms with E-state index in [2.05, 4.69) is 50.0 Å². The SMILES string of the molecule is Fc1ccc2c(c1CNc1ncc(-c3ccccc3)c3c(I)ncn13)CCO2. The van der Waals surface area contributed by atoms with Gasteiger partial charge in [0.15, 0.2) is 0 Å². The molecule has 0 spiro atoms. The Morgan fingerprint density at radius 2 is 2.00 bits per heavy atom. The predicted octanol–water partition coefficient (Wildman–Crippen LogP) is 4.69. The van der Waals surface area contributed by atoms with E-state index in [1.807, 2.05) is 28.8 Å². The zero-order valence-corrected chi connectivity index (χ0v) is 17.0. The van der Waals surface area contributed by atoms with E-state index in [4.69, 9.17) is 4.74 Å². The minimum atomic E-state index is -0.228. The fourth-order valence-corrected chi connectivity index (χ4v) is 4.29. The standard InChI is InChI=1S/C21H16FIN4O/c22-17-6-7-18-14(8-9-28-18)16(17)11-25-21-24-10-15(13-4-2-1-3-5-13)19-20(23)26-12-27(19)21/h1-7,10,12H,8-9,11H2,(H,24,25). The Morgan fingerprint density at radius 1 is 1.14 bits per heavy atom. The molecule has 2 aromatic carbocycles. The third-order valence-corrected chi connectivity index (χ3v) is 5.76. The van der Waals surface area contributed by atoms with Gasteiger partial charge in [-0.1, -0.05) is 30.3 Å². The topological polar surface area (TPSA) is 51.5 Å². The highest BCUT2D eigenvalue weighted by Gasteiger charge is 2.20. The van der Waals surface area contributed by atoms with Crippen LogP contribution in [0.25, 0.3) is 16.6 Å². The largest absolute Gasteiger partial charge is 0.493 e. The van der Waals surface area contributed by atoms with Crippen molar-refractivity contribution in [1.29, 1.82) is 0 Å². The molecule has 1 aliphatic heterocycles. The first-order valence-corrected chi connectivity index (χ1v) is 10.0. The Bertz CT molecular complexity index is 1180. The molecule has 0 radical (unpaired) electrons. The molecule has 5 rings (SSSR count). The van der Waals surface area contributed by atoms with Crippen LogP contribution in [-0.4, -0.2) is 21.0 Å². The van der Waals surface area contributed by atoms with Crippen molar-refractivity contribution in [3.63, 3.8) is 0 Å². The zero-order valence-electron chi connectivity index (χ0n) is 14.8. The maximum absolute atomic E-state index is 14.4. The van der Waals surface area contributed by atoms with Crippen LogP contribution in [0.15, 0.2) is 55.0 Å². The first-order chi connectivity index (χ1) is 13.7. The van der Waals surface area contributed by atoms with Crippen molar-refractivity contribution >= 4 is 34.1 Å². The van der Waals surface area contributed by atoms with Gasteiger partial charge in [-0.3, -0.25) is 4.40 Å². The maximum atomic E-state index is 14.4. The van der Waals surface area contributed by atoms with Crippen molar-refractivity contribution in [3.8, 4) is 16.9 Å². The number of ether oxygens (including phenoxy) is 1. The number of anilines is 1. The van der Waals surface area contributed by atoms with E-state index in [-0.39, 0.29) is 5.82 Å². The number of halogens is 2. The van der Waals surface area contributed by atoms with Gasteiger partial charge in [-0.25, -0.2) is 14.4 Å². The Kier molecular flexibility index (Phi) is 4.38. The summed E-state index contributed by atoms with van der Waals surface area (Å²) in [4.78, 5) is 9.04. The molecule has 0 amide bonds. The van der Waals surface area contributed by atoms with Gasteiger partial charge < -0.3 is 10.1 Å². The van der Waals surface area contributed by atoms with Gasteiger partial charge in [-0.05, 0) is 40.3 Å². The molecule has 7 heteroatoms. The number of fused-ring (bicyclic) bond motifs is 2. The van der Waals surface area contributed by atoms with Crippen molar-refractivity contribution in [2.24, 2.45) is 0 Å². The van der Waals surface area contributed by atoms with Gasteiger partial charge >= 0.3 is 0 Å². The summed E-state index contributed by atoms with van der Waals surface area (Å²) in [6, 6.07) is 13.3. The van der Waals surface area contributed by atoms with Crippen molar-refractivity contribution in [3.05, 3.63) is 75.6 Å². The molecule has 3 heterocycles. The van der Waals surface area contributed by atoms with Crippen molar-refractivity contribution < 1.29 is 9.13 Å². The van der Waals surface area contributed by atoms with Crippen LogP contribution in [0.5, 0.6) is 5.75 Å². The molecule has 4 aromatic rings. The number of benzene rings is 2. The summed E-state index contributed by atoms with van der Waals surface area (Å²) in [7, 11) is 0. The van der Waals surface area contributed by atoms with Gasteiger partial charge in [0.1, 0.15) is 21.6 Å². The fraction of sp³-hybridized carbons (Fsp3) is 0.143. The average Bonchev–Trinajstić information content (AvgIpc) is 3.35. The number of nitrogens with one attached hydrogen (secondary N) is 1. The smallest absolute Gasteiger partial charge is 0.209 e. The van der Waals surface area contributed by atoms with Crippen molar-refractivity contribution in [2.75, 3.05) is 11.9 Å². The second-order valence-corrected chi connectivity index (χ2v) is 7.59. The molecule has 0 unspecified atom stereocenters. The average molecular weight is 486 g/mol. The van der Waals surface area contributed by atoms with Crippen molar-refractivity contribution in [1.82, 2.24) is 14.4 Å². The van der Waals surface area contributed by atoms with Crippen LogP contribution >= 0.6 is 22.6 Å². The number of aromatic nitrogens is 3. The maximum Gasteiger partial charge on any atom is 0.209 e. The molecule has 0 bridgehead atoms. The number of imidazole rings is 1. The van der Waals surface area contributed by atoms with Crippen LogP contribution in [-0.2, 0) is 13.0 Å². The minimum absolute atomic E-state index is 0.228. The van der Waals surface area contributed by atoms with Crippen LogP contribution in [0.4, 0.5) is 10.3 Å². The highest BCUT2D eigenvalue weighted by molar-refractivity contribution is 14.1. The third kappa shape index (κ3) is 2.90. The lowest BCUT2D eigenvalue weighted by atomic mass is 10.0. The summed E-state index contributed by atoms with van der Waals surface area (Å²) in [6.45, 7) is 0.930. The van der Waals surface area contributed by atoms with Crippen LogP contribution in [0.3, 0.4) is 0 Å². The van der Waals surface area contributed by atoms with Crippen molar-refractivity contribution in [2.45, 2.75) is 13.0 Å². The van der Waals surface area contributed by atoms with E-state index < -0.39 is 0 Å². The van der Waals surface area contributed by atoms with Gasteiger partial charge in [0.05, 0.1) is 12.1 Å². The molecule has 2 aromatic heterocycles. The lowest BCUT2D eigenvalue weighted by molar-refractivity contribution is 0.356. The van der Waals surface area contributed by atoms with Gasteiger partial charge in [-0.2, -0.15) is 0 Å². The molecule has 1 aliphatic rings. The summed E-state index contributed by atoms with van der Waals surface area (Å²) in [6.07, 6.45) is 4.31. The highest BCUT2D eigenvalue weighted by atomic mass is 127. The Balaban J connectivity index is 1.53. The number of hydrogen-bond donors (Lipinski definition) is 1. The molecule has 1 N–H and O–H groups in total. The lowest BCUT2D eigenvalue weighted by Crippen LogP contribution is -2.09. The highest BCUT2D eigenvalue weighted by Crippen LogP contribution is 2.32.